The highest BCUT2D eigenvalue weighted by atomic mass is 32.2. The fourth-order valence-corrected chi connectivity index (χ4v) is 2.21. The molecule has 1 N–H and O–H groups in total. The van der Waals surface area contributed by atoms with Gasteiger partial charge in [0.25, 0.3) is 5.56 Å². The molecule has 0 aliphatic carbocycles. The van der Waals surface area contributed by atoms with Crippen molar-refractivity contribution in [3.05, 3.63) is 46.2 Å². The Morgan fingerprint density at radius 2 is 2.11 bits per heavy atom. The third kappa shape index (κ3) is 2.06. The maximum Gasteiger partial charge on any atom is 0.266 e. The van der Waals surface area contributed by atoms with Gasteiger partial charge in [0.15, 0.2) is 29.0 Å². The number of rotatable bonds is 2. The van der Waals surface area contributed by atoms with E-state index in [1.807, 2.05) is 6.26 Å². The van der Waals surface area contributed by atoms with Gasteiger partial charge in [0, 0.05) is 23.8 Å². The maximum atomic E-state index is 11.4. The van der Waals surface area contributed by atoms with Gasteiger partial charge in [-0.05, 0) is 6.26 Å². The molecule has 0 unspecified atom stereocenters. The molecule has 7 nitrogen and oxygen atoms in total. The zero-order valence-electron chi connectivity index (χ0n) is 9.90. The molecule has 0 fully saturated rings. The van der Waals surface area contributed by atoms with Crippen LogP contribution in [0.25, 0.3) is 17.0 Å². The largest absolute Gasteiger partial charge is 0.619 e. The molecule has 0 aliphatic rings. The van der Waals surface area contributed by atoms with Crippen LogP contribution >= 0.6 is 11.8 Å². The number of fused-ring (bicyclic) bond motifs is 1. The van der Waals surface area contributed by atoms with Crippen LogP contribution in [-0.4, -0.2) is 25.8 Å². The van der Waals surface area contributed by atoms with E-state index in [0.717, 1.165) is 5.56 Å². The molecule has 8 heteroatoms. The fraction of sp³-hybridized carbons (Fsp3) is 0.0909. The van der Waals surface area contributed by atoms with Gasteiger partial charge in [0.1, 0.15) is 0 Å². The molecule has 0 radical (unpaired) electrons. The standard InChI is InChI=1S/C11H9N5O2S/c1-19-11-13-10(7-2-4-15(18)5-3-7)12-8-6-9(17)14-16(8)11/h2-6H,1H3,(H,14,17). The van der Waals surface area contributed by atoms with E-state index in [1.54, 1.807) is 12.1 Å². The summed E-state index contributed by atoms with van der Waals surface area (Å²) in [5, 5.41) is 14.3. The van der Waals surface area contributed by atoms with Crippen LogP contribution in [-0.2, 0) is 0 Å². The SMILES string of the molecule is CSc1nc(-c2cc[n+]([O-])cc2)nc2cc(=O)[nH]n12. The first-order valence-electron chi connectivity index (χ1n) is 5.40. The lowest BCUT2D eigenvalue weighted by Crippen LogP contribution is -2.23. The van der Waals surface area contributed by atoms with Crippen LogP contribution in [0.4, 0.5) is 0 Å². The summed E-state index contributed by atoms with van der Waals surface area (Å²) in [5.41, 5.74) is 0.990. The number of aromatic amines is 1. The molecule has 3 heterocycles. The first kappa shape index (κ1) is 11.7. The van der Waals surface area contributed by atoms with Gasteiger partial charge in [-0.3, -0.25) is 9.89 Å². The number of hydrogen-bond acceptors (Lipinski definition) is 5. The van der Waals surface area contributed by atoms with Crippen LogP contribution in [0.5, 0.6) is 0 Å². The average molecular weight is 275 g/mol. The van der Waals surface area contributed by atoms with Gasteiger partial charge >= 0.3 is 0 Å². The van der Waals surface area contributed by atoms with Crippen molar-refractivity contribution in [2.75, 3.05) is 6.26 Å². The number of nitrogens with one attached hydrogen (secondary N) is 1. The second-order valence-electron chi connectivity index (χ2n) is 3.79. The van der Waals surface area contributed by atoms with E-state index in [9.17, 15) is 10.0 Å². The minimum atomic E-state index is -0.229. The predicted molar refractivity (Wildman–Crippen MR) is 69.8 cm³/mol. The van der Waals surface area contributed by atoms with Crippen molar-refractivity contribution in [2.45, 2.75) is 5.16 Å². The number of H-pyrrole nitrogens is 1. The molecular weight excluding hydrogens is 266 g/mol. The van der Waals surface area contributed by atoms with Gasteiger partial charge in [-0.2, -0.15) is 4.73 Å². The Kier molecular flexibility index (Phi) is 2.71. The Labute approximate surface area is 111 Å². The summed E-state index contributed by atoms with van der Waals surface area (Å²) in [6, 6.07) is 4.67. The molecule has 0 bridgehead atoms. The second kappa shape index (κ2) is 4.39. The Bertz CT molecular complexity index is 793. The summed E-state index contributed by atoms with van der Waals surface area (Å²) < 4.78 is 2.23. The van der Waals surface area contributed by atoms with Crippen LogP contribution in [0.15, 0.2) is 40.5 Å². The molecule has 3 aromatic heterocycles. The lowest BCUT2D eigenvalue weighted by atomic mass is 10.2. The summed E-state index contributed by atoms with van der Waals surface area (Å²) in [6.45, 7) is 0. The molecule has 96 valence electrons. The van der Waals surface area contributed by atoms with E-state index in [1.165, 1.54) is 34.7 Å². The van der Waals surface area contributed by atoms with E-state index >= 15 is 0 Å². The number of nitrogens with zero attached hydrogens (tertiary/aromatic N) is 4. The minimum Gasteiger partial charge on any atom is -0.619 e. The number of aromatic nitrogens is 5. The van der Waals surface area contributed by atoms with Gasteiger partial charge in [-0.15, -0.1) is 0 Å². The van der Waals surface area contributed by atoms with E-state index in [0.29, 0.717) is 21.4 Å². The molecule has 0 saturated heterocycles. The Morgan fingerprint density at radius 1 is 1.37 bits per heavy atom. The van der Waals surface area contributed by atoms with E-state index in [-0.39, 0.29) is 5.56 Å². The molecule has 0 atom stereocenters. The van der Waals surface area contributed by atoms with Crippen molar-refractivity contribution >= 4 is 17.4 Å². The molecule has 19 heavy (non-hydrogen) atoms. The van der Waals surface area contributed by atoms with Gasteiger partial charge < -0.3 is 5.21 Å². The van der Waals surface area contributed by atoms with Crippen LogP contribution in [0.3, 0.4) is 0 Å². The Hall–Kier alpha value is -2.35. The van der Waals surface area contributed by atoms with Crippen LogP contribution < -0.4 is 10.3 Å². The third-order valence-electron chi connectivity index (χ3n) is 2.57. The summed E-state index contributed by atoms with van der Waals surface area (Å²) in [6.07, 6.45) is 4.62. The summed E-state index contributed by atoms with van der Waals surface area (Å²) >= 11 is 1.40. The first-order chi connectivity index (χ1) is 9.17. The van der Waals surface area contributed by atoms with Crippen molar-refractivity contribution in [2.24, 2.45) is 0 Å². The topological polar surface area (TPSA) is 90.0 Å². The molecule has 3 aromatic rings. The smallest absolute Gasteiger partial charge is 0.266 e. The lowest BCUT2D eigenvalue weighted by molar-refractivity contribution is -0.605. The van der Waals surface area contributed by atoms with E-state index in [2.05, 4.69) is 15.1 Å². The number of thioether (sulfide) groups is 1. The summed E-state index contributed by atoms with van der Waals surface area (Å²) in [7, 11) is 0. The Morgan fingerprint density at radius 3 is 2.79 bits per heavy atom. The average Bonchev–Trinajstić information content (AvgIpc) is 2.78. The predicted octanol–water partition coefficient (Wildman–Crippen LogP) is 0.440. The molecule has 0 aromatic carbocycles. The molecule has 0 aliphatic heterocycles. The lowest BCUT2D eigenvalue weighted by Gasteiger charge is -2.05. The quantitative estimate of drug-likeness (QED) is 0.416. The van der Waals surface area contributed by atoms with Crippen LogP contribution in [0.2, 0.25) is 0 Å². The molecule has 0 amide bonds. The summed E-state index contributed by atoms with van der Waals surface area (Å²) in [4.78, 5) is 20.0. The molecular formula is C11H9N5O2S. The molecule has 3 rings (SSSR count). The van der Waals surface area contributed by atoms with Crippen molar-refractivity contribution in [1.82, 2.24) is 19.6 Å². The van der Waals surface area contributed by atoms with Crippen LogP contribution in [0, 0.1) is 5.21 Å². The highest BCUT2D eigenvalue weighted by molar-refractivity contribution is 7.98. The maximum absolute atomic E-state index is 11.4. The third-order valence-corrected chi connectivity index (χ3v) is 3.21. The van der Waals surface area contributed by atoms with E-state index in [4.69, 9.17) is 0 Å². The van der Waals surface area contributed by atoms with Crippen molar-refractivity contribution in [1.29, 1.82) is 0 Å². The molecule has 0 saturated carbocycles. The minimum absolute atomic E-state index is 0.229. The van der Waals surface area contributed by atoms with Crippen molar-refractivity contribution < 1.29 is 4.73 Å². The van der Waals surface area contributed by atoms with Crippen molar-refractivity contribution in [3.63, 3.8) is 0 Å². The van der Waals surface area contributed by atoms with Crippen molar-refractivity contribution in [3.8, 4) is 11.4 Å². The monoisotopic (exact) mass is 275 g/mol. The van der Waals surface area contributed by atoms with Gasteiger partial charge in [0.05, 0.1) is 0 Å². The highest BCUT2D eigenvalue weighted by Gasteiger charge is 2.10. The van der Waals surface area contributed by atoms with Gasteiger partial charge in [-0.25, -0.2) is 14.5 Å². The summed E-state index contributed by atoms with van der Waals surface area (Å²) in [5.74, 6) is 0.476. The second-order valence-corrected chi connectivity index (χ2v) is 4.57. The first-order valence-corrected chi connectivity index (χ1v) is 6.63. The Balaban J connectivity index is 2.24. The van der Waals surface area contributed by atoms with Gasteiger partial charge in [-0.1, -0.05) is 11.8 Å². The van der Waals surface area contributed by atoms with Crippen LogP contribution in [0.1, 0.15) is 0 Å². The number of hydrogen-bond donors (Lipinski definition) is 1. The highest BCUT2D eigenvalue weighted by Crippen LogP contribution is 2.18. The van der Waals surface area contributed by atoms with E-state index < -0.39 is 0 Å². The molecule has 0 spiro atoms. The zero-order chi connectivity index (χ0) is 13.4. The van der Waals surface area contributed by atoms with Gasteiger partial charge in [0.2, 0.25) is 0 Å². The fourth-order valence-electron chi connectivity index (χ4n) is 1.71. The number of pyridine rings is 1. The zero-order valence-corrected chi connectivity index (χ0v) is 10.7. The normalized spacial score (nSPS) is 11.0.